The molecule has 2 N–H and O–H groups in total. The first-order chi connectivity index (χ1) is 71.8. The highest BCUT2D eigenvalue weighted by atomic mass is 32.2. The number of thioether (sulfide) groups is 8. The Hall–Kier alpha value is -11.3. The molecule has 0 saturated carbocycles. The maximum absolute atomic E-state index is 13.2. The average Bonchev–Trinajstić information content (AvgIpc) is 1.63. The van der Waals surface area contributed by atoms with E-state index in [9.17, 15) is 78.6 Å². The Kier molecular flexibility index (Phi) is 53.1. The number of nitrogens with zero attached hydrogens (tertiary/aromatic N) is 5. The Bertz CT molecular complexity index is 5970. The fourth-order valence-corrected chi connectivity index (χ4v) is 25.7. The van der Waals surface area contributed by atoms with E-state index in [2.05, 4.69) is 63.2 Å². The van der Waals surface area contributed by atoms with Crippen molar-refractivity contribution >= 4 is 177 Å². The highest BCUT2D eigenvalue weighted by Gasteiger charge is 2.40. The molecule has 0 saturated heterocycles. The van der Waals surface area contributed by atoms with E-state index in [0.717, 1.165) is 165 Å². The largest absolute Gasteiger partial charge is 0.425 e. The molecule has 5 aromatic carbocycles. The third-order valence-electron chi connectivity index (χ3n) is 23.4. The number of hydrogen-bond acceptors (Lipinski definition) is 34. The van der Waals surface area contributed by atoms with Gasteiger partial charge in [0, 0.05) is 43.1 Å². The van der Waals surface area contributed by atoms with Gasteiger partial charge in [-0.05, 0) is 149 Å². The number of unbranched alkanes of at least 4 members (excludes halogenated alkanes) is 10. The minimum Gasteiger partial charge on any atom is -0.425 e. The second-order valence-electron chi connectivity index (χ2n) is 35.8. The summed E-state index contributed by atoms with van der Waals surface area (Å²) in [6, 6.07) is 37.9. The van der Waals surface area contributed by atoms with E-state index in [1.807, 2.05) is 59.8 Å². The third-order valence-corrected chi connectivity index (χ3v) is 34.8. The number of carbonyl (C=O) groups is 12. The second-order valence-corrected chi connectivity index (χ2v) is 45.9. The maximum Gasteiger partial charge on any atom is 0.412 e. The molecule has 149 heavy (non-hydrogen) atoms. The summed E-state index contributed by atoms with van der Waals surface area (Å²) in [5.41, 5.74) is -0.215. The molecule has 2 aromatic heterocycles. The average molecular weight is 2200 g/mol. The van der Waals surface area contributed by atoms with Crippen molar-refractivity contribution in [3.8, 4) is 70.3 Å². The van der Waals surface area contributed by atoms with Gasteiger partial charge in [0.25, 0.3) is 0 Å². The molecule has 7 aromatic rings. The number of ether oxygens (including phenoxy) is 8. The van der Waals surface area contributed by atoms with Crippen molar-refractivity contribution in [2.45, 2.75) is 323 Å². The Morgan fingerprint density at radius 2 is 0.617 bits per heavy atom. The van der Waals surface area contributed by atoms with Crippen LogP contribution in [0.1, 0.15) is 314 Å². The SMILES string of the molecule is CCCCC(CC)C(=O)Oc1ccc(OC(=O)C(CC)CCCC)c2c1SC(=C(C#N)C(=O)c1ccccn1)S2.CCCCC(CC)C(=O)Oc1ccc(OC(=O)C(CC)CCCC)c2c1SC(=C(C#N)C(=O)c1cccs1)S2.CCCCCC(=O)Oc1ccc(OC(=O)NCCCC)c2c1S/C(=C(/C#N)C(=O)C(C)(C)C)S2.CCCCCC(=O)Oc1ccc(OC(=O)NCCCC)c2c1S/C(=C(/C#N)C(=O)c1ccccc1)S2. The number of pyridine rings is 1. The van der Waals surface area contributed by atoms with Gasteiger partial charge in [-0.15, -0.1) is 11.3 Å². The minimum absolute atomic E-state index is 0.0157. The molecule has 0 fully saturated rings. The van der Waals surface area contributed by atoms with Crippen molar-refractivity contribution in [1.29, 1.82) is 21.0 Å². The molecule has 36 heteroatoms. The first-order valence-corrected chi connectivity index (χ1v) is 58.3. The molecular weight excluding hydrogens is 2060 g/mol. The van der Waals surface area contributed by atoms with Gasteiger partial charge in [-0.3, -0.25) is 52.9 Å². The summed E-state index contributed by atoms with van der Waals surface area (Å²) in [4.78, 5) is 163. The van der Waals surface area contributed by atoms with Gasteiger partial charge in [-0.1, -0.05) is 330 Å². The van der Waals surface area contributed by atoms with Gasteiger partial charge in [0.2, 0.25) is 17.3 Å². The number of amides is 2. The predicted octanol–water partition coefficient (Wildman–Crippen LogP) is 30.4. The molecule has 4 unspecified atom stereocenters. The van der Waals surface area contributed by atoms with Gasteiger partial charge >= 0.3 is 48.0 Å². The zero-order valence-electron chi connectivity index (χ0n) is 87.1. The Morgan fingerprint density at radius 1 is 0.322 bits per heavy atom. The Labute approximate surface area is 912 Å². The van der Waals surface area contributed by atoms with Gasteiger partial charge in [0.15, 0.2) is 5.78 Å². The number of fused-ring (bicyclic) bond motifs is 4. The van der Waals surface area contributed by atoms with Gasteiger partial charge in [0.05, 0.1) is 84.7 Å². The molecule has 0 aliphatic carbocycles. The van der Waals surface area contributed by atoms with Crippen LogP contribution in [0.3, 0.4) is 0 Å². The van der Waals surface area contributed by atoms with Crippen LogP contribution in [0.15, 0.2) is 199 Å². The molecule has 4 aliphatic heterocycles. The number of esters is 6. The van der Waals surface area contributed by atoms with E-state index in [-0.39, 0.29) is 117 Å². The van der Waals surface area contributed by atoms with Crippen molar-refractivity contribution in [3.63, 3.8) is 0 Å². The summed E-state index contributed by atoms with van der Waals surface area (Å²) in [7, 11) is 0. The monoisotopic (exact) mass is 2190 g/mol. The van der Waals surface area contributed by atoms with Gasteiger partial charge in [-0.25, -0.2) is 9.59 Å². The molecule has 0 bridgehead atoms. The summed E-state index contributed by atoms with van der Waals surface area (Å²) >= 11 is 10.7. The number of benzene rings is 5. The number of nitriles is 4. The summed E-state index contributed by atoms with van der Waals surface area (Å²) in [6.45, 7) is 30.6. The smallest absolute Gasteiger partial charge is 0.412 e. The number of Topliss-reactive ketones (excluding diaryl/α,β-unsaturated/α-hetero) is 4. The van der Waals surface area contributed by atoms with Crippen LogP contribution in [0.5, 0.6) is 46.0 Å². The number of thiophene rings is 1. The molecule has 2 amide bonds. The molecule has 4 atom stereocenters. The van der Waals surface area contributed by atoms with Crippen LogP contribution in [0.4, 0.5) is 9.59 Å². The van der Waals surface area contributed by atoms with Crippen molar-refractivity contribution < 1.29 is 95.4 Å². The normalized spacial score (nSPS) is 13.7. The van der Waals surface area contributed by atoms with Crippen LogP contribution in [-0.2, 0) is 33.6 Å². The lowest BCUT2D eigenvalue weighted by molar-refractivity contribution is -0.140. The van der Waals surface area contributed by atoms with Gasteiger partial charge in [-0.2, -0.15) is 21.0 Å². The van der Waals surface area contributed by atoms with Gasteiger partial charge < -0.3 is 48.5 Å². The van der Waals surface area contributed by atoms with E-state index in [4.69, 9.17) is 37.9 Å². The highest BCUT2D eigenvalue weighted by molar-refractivity contribution is 8.26. The standard InChI is InChI=1S/C31H36N2O5S2.C30H35NO5S3.C27H28N2O5S2.C25H32N2O5S2/c1-5-9-13-20(7-3)29(35)37-24-16-17-25(38-30(36)21(8-4)14-10-6-2)28-27(24)39-31(40-28)22(19-32)26(34)23-15-11-12-18-33-23;1-5-9-12-19(7-3)28(33)35-22-15-16-23(36-29(34)20(8-4)13-10-6-2)27-26(22)38-30(39-27)21(18-31)25(32)24-14-11-17-37-24;1-3-5-8-13-22(30)33-20-14-15-21(34-27(32)29-16-6-4-2)25-24(20)35-26(36-25)19(17-28)23(31)18-11-9-7-10-12-18;1-6-8-10-11-19(28)31-17-12-13-18(32-24(30)27-14-9-7-2)21-20(17)33-23(34-21)16(15-26)22(29)25(3,4)5/h11-12,15-18,20-21H,5-10,13-14H2,1-4H3;11,14-17,19-20H,5-10,12-13H2,1-4H3;7,9-12,14-15H,3-6,8,13,16H2,1-2H3,(H,29,32);12-13H,6-11,14H2,1-5H3,(H,27,30)/b;;26-19+;23-16+. The first-order valence-electron chi connectivity index (χ1n) is 50.9. The number of allylic oxidation sites excluding steroid dienone is 4. The topological polar surface area (TPSA) is 411 Å². The molecular formula is C113H131N7O20S9. The number of ketones is 4. The summed E-state index contributed by atoms with van der Waals surface area (Å²) in [6.07, 6.45) is 23.1. The van der Waals surface area contributed by atoms with Crippen molar-refractivity contribution in [2.24, 2.45) is 29.1 Å². The van der Waals surface area contributed by atoms with E-state index in [0.29, 0.717) is 146 Å². The number of aromatic nitrogens is 1. The fraction of sp³-hybridized carbons (Fsp3) is 0.442. The Morgan fingerprint density at radius 3 is 0.899 bits per heavy atom. The lowest BCUT2D eigenvalue weighted by atomic mass is 9.87. The van der Waals surface area contributed by atoms with Gasteiger partial charge in [0.1, 0.15) is 98.3 Å². The van der Waals surface area contributed by atoms with Crippen LogP contribution >= 0.6 is 105 Å². The number of hydrogen-bond donors (Lipinski definition) is 2. The minimum atomic E-state index is -0.735. The Balaban J connectivity index is 0.000000242. The quantitative estimate of drug-likeness (QED) is 0.00893. The lowest BCUT2D eigenvalue weighted by Crippen LogP contribution is -2.27. The molecule has 6 heterocycles. The van der Waals surface area contributed by atoms with E-state index in [1.54, 1.807) is 135 Å². The molecule has 11 rings (SSSR count). The number of rotatable bonds is 49. The lowest BCUT2D eigenvalue weighted by Gasteiger charge is -2.17. The van der Waals surface area contributed by atoms with Crippen LogP contribution in [-0.4, -0.2) is 89.2 Å². The third kappa shape index (κ3) is 36.2. The zero-order valence-corrected chi connectivity index (χ0v) is 94.5. The second kappa shape index (κ2) is 64.4. The molecule has 0 spiro atoms. The van der Waals surface area contributed by atoms with Crippen LogP contribution in [0.25, 0.3) is 0 Å². The molecule has 792 valence electrons. The summed E-state index contributed by atoms with van der Waals surface area (Å²) < 4.78 is 47.6. The van der Waals surface area contributed by atoms with Crippen molar-refractivity contribution in [2.75, 3.05) is 13.1 Å². The van der Waals surface area contributed by atoms with E-state index in [1.165, 1.54) is 88.1 Å². The van der Waals surface area contributed by atoms with Crippen molar-refractivity contribution in [1.82, 2.24) is 15.6 Å². The van der Waals surface area contributed by atoms with Crippen molar-refractivity contribution in [3.05, 3.63) is 176 Å². The first kappa shape index (κ1) is 123. The predicted molar refractivity (Wildman–Crippen MR) is 589 cm³/mol. The van der Waals surface area contributed by atoms with Crippen LogP contribution in [0, 0.1) is 74.4 Å². The molecule has 27 nitrogen and oxygen atoms in total. The van der Waals surface area contributed by atoms with E-state index < -0.39 is 29.2 Å². The summed E-state index contributed by atoms with van der Waals surface area (Å²) in [5.74, 6) is -1.89. The van der Waals surface area contributed by atoms with Crippen LogP contribution < -0.4 is 48.5 Å². The molecule has 0 radical (unpaired) electrons. The highest BCUT2D eigenvalue weighted by Crippen LogP contribution is 2.64. The summed E-state index contributed by atoms with van der Waals surface area (Å²) in [5, 5.41) is 46.6. The number of carbonyl (C=O) groups excluding carboxylic acids is 12. The zero-order chi connectivity index (χ0) is 109. The van der Waals surface area contributed by atoms with Crippen LogP contribution in [0.2, 0.25) is 0 Å². The number of nitrogens with one attached hydrogen (secondary N) is 2. The maximum atomic E-state index is 13.2. The molecule has 4 aliphatic rings. The van der Waals surface area contributed by atoms with E-state index >= 15 is 0 Å². The fourth-order valence-electron chi connectivity index (χ4n) is 14.7.